The third-order valence-electron chi connectivity index (χ3n) is 2.38. The Morgan fingerprint density at radius 3 is 2.80 bits per heavy atom. The number of anilines is 1. The third-order valence-corrected chi connectivity index (χ3v) is 2.60. The van der Waals surface area contributed by atoms with Gasteiger partial charge in [0, 0.05) is 0 Å². The van der Waals surface area contributed by atoms with Crippen LogP contribution in [0.5, 0.6) is 5.75 Å². The monoisotopic (exact) mass is 290 g/mol. The quantitative estimate of drug-likeness (QED) is 0.509. The van der Waals surface area contributed by atoms with Crippen LogP contribution in [0.3, 0.4) is 0 Å². The number of aromatic carboxylic acids is 1. The number of nitrogens with one attached hydrogen (secondary N) is 1. The maximum atomic E-state index is 11.4. The molecule has 0 saturated carbocycles. The zero-order chi connectivity index (χ0) is 14.5. The molecule has 2 aromatic rings. The predicted octanol–water partition coefficient (Wildman–Crippen LogP) is 1.95. The summed E-state index contributed by atoms with van der Waals surface area (Å²) in [5.41, 5.74) is 2.77. The molecule has 6 nitrogen and oxygen atoms in total. The van der Waals surface area contributed by atoms with Crippen LogP contribution in [0.2, 0.25) is 5.15 Å². The van der Waals surface area contributed by atoms with Gasteiger partial charge in [-0.2, -0.15) is 5.10 Å². The number of rotatable bonds is 4. The lowest BCUT2D eigenvalue weighted by Crippen LogP contribution is -2.05. The molecule has 0 bridgehead atoms. The summed E-state index contributed by atoms with van der Waals surface area (Å²) < 4.78 is 0. The van der Waals surface area contributed by atoms with Crippen molar-refractivity contribution < 1.29 is 15.0 Å². The van der Waals surface area contributed by atoms with E-state index in [4.69, 9.17) is 16.7 Å². The fourth-order valence-corrected chi connectivity index (χ4v) is 1.59. The molecule has 0 unspecified atom stereocenters. The Balaban J connectivity index is 2.21. The van der Waals surface area contributed by atoms with E-state index in [1.165, 1.54) is 24.4 Å². The highest BCUT2D eigenvalue weighted by atomic mass is 35.5. The minimum atomic E-state index is -1.16. The van der Waals surface area contributed by atoms with E-state index in [0.29, 0.717) is 5.56 Å². The summed E-state index contributed by atoms with van der Waals surface area (Å²) >= 11 is 5.70. The van der Waals surface area contributed by atoms with Crippen molar-refractivity contribution in [1.29, 1.82) is 0 Å². The summed E-state index contributed by atoms with van der Waals surface area (Å²) in [4.78, 5) is 14.8. The van der Waals surface area contributed by atoms with Gasteiger partial charge in [0.15, 0.2) is 5.82 Å². The molecule has 1 aromatic carbocycles. The van der Waals surface area contributed by atoms with Crippen molar-refractivity contribution in [3.05, 3.63) is 52.7 Å². The minimum Gasteiger partial charge on any atom is -0.872 e. The molecule has 0 amide bonds. The molecule has 0 aliphatic heterocycles. The number of carboxylic acid groups (broad SMARTS) is 1. The van der Waals surface area contributed by atoms with Crippen LogP contribution in [0.15, 0.2) is 41.5 Å². The number of hydrogen-bond acceptors (Lipinski definition) is 5. The molecule has 0 fully saturated rings. The fourth-order valence-electron chi connectivity index (χ4n) is 1.44. The largest absolute Gasteiger partial charge is 0.872 e. The van der Waals surface area contributed by atoms with E-state index in [-0.39, 0.29) is 22.3 Å². The Labute approximate surface area is 119 Å². The molecule has 1 heterocycles. The van der Waals surface area contributed by atoms with Gasteiger partial charge in [-0.3, -0.25) is 5.43 Å². The Morgan fingerprint density at radius 1 is 1.35 bits per heavy atom. The first-order chi connectivity index (χ1) is 9.58. The van der Waals surface area contributed by atoms with Gasteiger partial charge >= 0.3 is 5.97 Å². The van der Waals surface area contributed by atoms with Crippen LogP contribution >= 0.6 is 11.6 Å². The first-order valence-electron chi connectivity index (χ1n) is 5.53. The van der Waals surface area contributed by atoms with Gasteiger partial charge in [-0.1, -0.05) is 41.6 Å². The average Bonchev–Trinajstić information content (AvgIpc) is 2.41. The van der Waals surface area contributed by atoms with Crippen LogP contribution in [-0.4, -0.2) is 22.3 Å². The molecule has 0 aliphatic rings. The minimum absolute atomic E-state index is 0.00429. The van der Waals surface area contributed by atoms with Crippen LogP contribution in [0.25, 0.3) is 0 Å². The number of pyridine rings is 1. The highest BCUT2D eigenvalue weighted by Crippen LogP contribution is 2.17. The lowest BCUT2D eigenvalue weighted by atomic mass is 10.2. The number of para-hydroxylation sites is 1. The number of aromatic nitrogens is 1. The fraction of sp³-hybridized carbons (Fsp3) is 0. The Morgan fingerprint density at radius 2 is 2.10 bits per heavy atom. The summed E-state index contributed by atoms with van der Waals surface area (Å²) in [6, 6.07) is 9.00. The van der Waals surface area contributed by atoms with E-state index < -0.39 is 5.97 Å². The Hall–Kier alpha value is -2.60. The van der Waals surface area contributed by atoms with Crippen LogP contribution < -0.4 is 10.5 Å². The molecule has 1 aromatic heterocycles. The van der Waals surface area contributed by atoms with Crippen molar-refractivity contribution >= 4 is 29.6 Å². The van der Waals surface area contributed by atoms with E-state index in [2.05, 4.69) is 15.5 Å². The van der Waals surface area contributed by atoms with Gasteiger partial charge in [0.25, 0.3) is 0 Å². The number of nitrogens with zero attached hydrogens (tertiary/aromatic N) is 2. The first kappa shape index (κ1) is 13.8. The first-order valence-corrected chi connectivity index (χ1v) is 5.90. The SMILES string of the molecule is O=C(O)c1ccc(Cl)nc1N/N=C/c1ccccc1[O-]. The molecule has 2 rings (SSSR count). The Kier molecular flexibility index (Phi) is 4.17. The summed E-state index contributed by atoms with van der Waals surface area (Å²) in [7, 11) is 0. The van der Waals surface area contributed by atoms with E-state index in [9.17, 15) is 9.90 Å². The molecule has 0 radical (unpaired) electrons. The van der Waals surface area contributed by atoms with E-state index in [0.717, 1.165) is 0 Å². The second kappa shape index (κ2) is 6.03. The molecular weight excluding hydrogens is 282 g/mol. The summed E-state index contributed by atoms with van der Waals surface area (Å²) in [6.07, 6.45) is 1.29. The van der Waals surface area contributed by atoms with Crippen molar-refractivity contribution in [2.24, 2.45) is 5.10 Å². The lowest BCUT2D eigenvalue weighted by molar-refractivity contribution is -0.268. The topological polar surface area (TPSA) is 97.6 Å². The van der Waals surface area contributed by atoms with Gasteiger partial charge in [0.05, 0.1) is 6.21 Å². The normalized spacial score (nSPS) is 10.7. The summed E-state index contributed by atoms with van der Waals surface area (Å²) in [6.45, 7) is 0. The van der Waals surface area contributed by atoms with Gasteiger partial charge in [-0.15, -0.1) is 0 Å². The molecule has 2 N–H and O–H groups in total. The zero-order valence-electron chi connectivity index (χ0n) is 10.1. The van der Waals surface area contributed by atoms with Crippen molar-refractivity contribution in [3.8, 4) is 5.75 Å². The van der Waals surface area contributed by atoms with Gasteiger partial charge < -0.3 is 10.2 Å². The van der Waals surface area contributed by atoms with Gasteiger partial charge in [-0.05, 0) is 17.7 Å². The van der Waals surface area contributed by atoms with E-state index >= 15 is 0 Å². The molecule has 102 valence electrons. The smallest absolute Gasteiger partial charge is 0.339 e. The van der Waals surface area contributed by atoms with Crippen molar-refractivity contribution in [3.63, 3.8) is 0 Å². The highest BCUT2D eigenvalue weighted by Gasteiger charge is 2.11. The molecule has 0 atom stereocenters. The molecule has 0 spiro atoms. The molecule has 0 aliphatic carbocycles. The Bertz CT molecular complexity index is 674. The van der Waals surface area contributed by atoms with Crippen LogP contribution in [0.1, 0.15) is 15.9 Å². The van der Waals surface area contributed by atoms with Crippen LogP contribution in [0.4, 0.5) is 5.82 Å². The van der Waals surface area contributed by atoms with Crippen LogP contribution in [0, 0.1) is 0 Å². The zero-order valence-corrected chi connectivity index (χ0v) is 10.8. The molecule has 7 heteroatoms. The van der Waals surface area contributed by atoms with Crippen molar-refractivity contribution in [1.82, 2.24) is 4.98 Å². The molecular formula is C13H9ClN3O3-. The van der Waals surface area contributed by atoms with Gasteiger partial charge in [0.1, 0.15) is 10.7 Å². The predicted molar refractivity (Wildman–Crippen MR) is 73.3 cm³/mol. The molecule has 20 heavy (non-hydrogen) atoms. The number of benzene rings is 1. The number of halogens is 1. The summed E-state index contributed by atoms with van der Waals surface area (Å²) in [5.74, 6) is -1.34. The highest BCUT2D eigenvalue weighted by molar-refractivity contribution is 6.29. The second-order valence-electron chi connectivity index (χ2n) is 3.74. The third kappa shape index (κ3) is 3.24. The average molecular weight is 291 g/mol. The van der Waals surface area contributed by atoms with E-state index in [1.54, 1.807) is 18.2 Å². The second-order valence-corrected chi connectivity index (χ2v) is 4.13. The number of carbonyl (C=O) groups is 1. The van der Waals surface area contributed by atoms with Crippen molar-refractivity contribution in [2.75, 3.05) is 5.43 Å². The number of hydrazone groups is 1. The van der Waals surface area contributed by atoms with Gasteiger partial charge in [0.2, 0.25) is 0 Å². The van der Waals surface area contributed by atoms with E-state index in [1.807, 2.05) is 0 Å². The number of carboxylic acids is 1. The maximum absolute atomic E-state index is 11.4. The number of hydrogen-bond donors (Lipinski definition) is 2. The summed E-state index contributed by atoms with van der Waals surface area (Å²) in [5, 5.41) is 24.4. The molecule has 0 saturated heterocycles. The maximum Gasteiger partial charge on any atom is 0.339 e. The van der Waals surface area contributed by atoms with Crippen molar-refractivity contribution in [2.45, 2.75) is 0 Å². The standard InChI is InChI=1S/C13H10ClN3O3/c14-11-6-5-9(13(19)20)12(16-11)17-15-7-8-3-1-2-4-10(8)18/h1-7,18H,(H,16,17)(H,19,20)/p-1/b15-7+. The van der Waals surface area contributed by atoms with Gasteiger partial charge in [-0.25, -0.2) is 9.78 Å². The van der Waals surface area contributed by atoms with Crippen LogP contribution in [-0.2, 0) is 0 Å². The lowest BCUT2D eigenvalue weighted by Gasteiger charge is -2.08.